The van der Waals surface area contributed by atoms with Crippen molar-refractivity contribution in [2.24, 2.45) is 0 Å². The number of esters is 3. The summed E-state index contributed by atoms with van der Waals surface area (Å²) in [5, 5.41) is 0. The third-order valence-electron chi connectivity index (χ3n) is 11.2. The minimum Gasteiger partial charge on any atom is -0.462 e. The van der Waals surface area contributed by atoms with E-state index in [0.29, 0.717) is 19.3 Å². The Morgan fingerprint density at radius 2 is 0.619 bits per heavy atom. The lowest BCUT2D eigenvalue weighted by Crippen LogP contribution is -2.30. The second-order valence-electron chi connectivity index (χ2n) is 17.4. The highest BCUT2D eigenvalue weighted by atomic mass is 16.6. The molecular formula is C57H98O6. The molecule has 0 N–H and O–H groups in total. The Labute approximate surface area is 389 Å². The molecule has 0 radical (unpaired) electrons. The second-order valence-corrected chi connectivity index (χ2v) is 17.4. The van der Waals surface area contributed by atoms with Gasteiger partial charge < -0.3 is 14.2 Å². The summed E-state index contributed by atoms with van der Waals surface area (Å²) in [5.74, 6) is -0.928. The Kier molecular flexibility index (Phi) is 48.9. The summed E-state index contributed by atoms with van der Waals surface area (Å²) in [5.41, 5.74) is 0. The van der Waals surface area contributed by atoms with Crippen LogP contribution in [0.5, 0.6) is 0 Å². The van der Waals surface area contributed by atoms with Gasteiger partial charge in [-0.15, -0.1) is 0 Å². The first-order chi connectivity index (χ1) is 31.0. The molecule has 0 saturated carbocycles. The quantitative estimate of drug-likeness (QED) is 0.0262. The van der Waals surface area contributed by atoms with Crippen LogP contribution >= 0.6 is 0 Å². The van der Waals surface area contributed by atoms with E-state index in [4.69, 9.17) is 14.2 Å². The van der Waals surface area contributed by atoms with Crippen molar-refractivity contribution in [3.63, 3.8) is 0 Å². The van der Waals surface area contributed by atoms with E-state index in [1.807, 2.05) is 0 Å². The number of carbonyl (C=O) groups is 3. The van der Waals surface area contributed by atoms with Gasteiger partial charge in [0.15, 0.2) is 6.10 Å². The van der Waals surface area contributed by atoms with E-state index in [1.165, 1.54) is 103 Å². The monoisotopic (exact) mass is 879 g/mol. The molecule has 0 bridgehead atoms. The van der Waals surface area contributed by atoms with Crippen molar-refractivity contribution < 1.29 is 28.6 Å². The van der Waals surface area contributed by atoms with Gasteiger partial charge in [0.2, 0.25) is 0 Å². The molecule has 362 valence electrons. The lowest BCUT2D eigenvalue weighted by atomic mass is 10.1. The molecule has 1 atom stereocenters. The van der Waals surface area contributed by atoms with Gasteiger partial charge in [-0.25, -0.2) is 0 Å². The number of rotatable bonds is 47. The van der Waals surface area contributed by atoms with E-state index < -0.39 is 6.10 Å². The molecule has 0 aliphatic carbocycles. The van der Waals surface area contributed by atoms with Crippen molar-refractivity contribution in [1.82, 2.24) is 0 Å². The van der Waals surface area contributed by atoms with E-state index in [9.17, 15) is 14.4 Å². The molecule has 0 aliphatic heterocycles. The zero-order valence-corrected chi connectivity index (χ0v) is 41.3. The number of carbonyl (C=O) groups excluding carboxylic acids is 3. The van der Waals surface area contributed by atoms with Gasteiger partial charge in [-0.05, 0) is 89.9 Å². The fourth-order valence-electron chi connectivity index (χ4n) is 7.23. The van der Waals surface area contributed by atoms with Crippen molar-refractivity contribution in [3.8, 4) is 0 Å². The van der Waals surface area contributed by atoms with Gasteiger partial charge >= 0.3 is 17.9 Å². The lowest BCUT2D eigenvalue weighted by Gasteiger charge is -2.18. The van der Waals surface area contributed by atoms with Crippen LogP contribution in [0.2, 0.25) is 0 Å². The summed E-state index contributed by atoms with van der Waals surface area (Å²) in [4.78, 5) is 37.9. The summed E-state index contributed by atoms with van der Waals surface area (Å²) in [7, 11) is 0. The molecule has 0 fully saturated rings. The number of hydrogen-bond donors (Lipinski definition) is 0. The predicted molar refractivity (Wildman–Crippen MR) is 270 cm³/mol. The largest absolute Gasteiger partial charge is 0.462 e. The van der Waals surface area contributed by atoms with Gasteiger partial charge in [0.25, 0.3) is 0 Å². The van der Waals surface area contributed by atoms with E-state index >= 15 is 0 Å². The Morgan fingerprint density at radius 3 is 1.00 bits per heavy atom. The average molecular weight is 879 g/mol. The third-order valence-corrected chi connectivity index (χ3v) is 11.2. The van der Waals surface area contributed by atoms with Crippen molar-refractivity contribution >= 4 is 17.9 Å². The first-order valence-electron chi connectivity index (χ1n) is 26.4. The van der Waals surface area contributed by atoms with Gasteiger partial charge in [0, 0.05) is 19.3 Å². The molecule has 0 rings (SSSR count). The molecule has 0 aliphatic rings. The van der Waals surface area contributed by atoms with Gasteiger partial charge in [0.1, 0.15) is 13.2 Å². The standard InChI is InChI=1S/C57H98O6/c1-4-7-10-13-16-19-22-24-26-28-29-30-32-33-35-38-41-44-47-50-56(59)62-53-54(52-61-55(58)49-46-43-40-37-21-18-15-12-9-6-3)63-57(60)51-48-45-42-39-36-34-31-27-25-23-20-17-14-11-8-5-2/h7,10,16,19,24,26-27,29-31,33,35,54H,4-6,8-9,11-15,17-18,20-23,25,28,32,34,36-53H2,1-3H3/b10-7-,19-16-,26-24-,30-29-,31-27-,35-33-. The summed E-state index contributed by atoms with van der Waals surface area (Å²) in [6.07, 6.45) is 64.6. The van der Waals surface area contributed by atoms with E-state index in [1.54, 1.807) is 0 Å². The predicted octanol–water partition coefficient (Wildman–Crippen LogP) is 17.4. The molecule has 0 spiro atoms. The summed E-state index contributed by atoms with van der Waals surface area (Å²) >= 11 is 0. The van der Waals surface area contributed by atoms with Gasteiger partial charge in [-0.1, -0.05) is 216 Å². The summed E-state index contributed by atoms with van der Waals surface area (Å²) in [6, 6.07) is 0. The first kappa shape index (κ1) is 59.9. The maximum atomic E-state index is 12.8. The zero-order valence-electron chi connectivity index (χ0n) is 41.3. The molecule has 0 amide bonds. The number of allylic oxidation sites excluding steroid dienone is 12. The smallest absolute Gasteiger partial charge is 0.306 e. The van der Waals surface area contributed by atoms with Crippen molar-refractivity contribution in [2.45, 2.75) is 258 Å². The van der Waals surface area contributed by atoms with Crippen LogP contribution in [0.15, 0.2) is 72.9 Å². The zero-order chi connectivity index (χ0) is 45.8. The molecule has 0 saturated heterocycles. The van der Waals surface area contributed by atoms with Crippen molar-refractivity contribution in [1.29, 1.82) is 0 Å². The SMILES string of the molecule is CC/C=C\C/C=C\C/C=C\C/C=C\C/C=C\CCCCCC(=O)OCC(COC(=O)CCCCCCCCCCCC)OC(=O)CCCCCCC/C=C\CCCCCCCCC. The molecule has 0 aromatic carbocycles. The minimum absolute atomic E-state index is 0.0880. The molecule has 63 heavy (non-hydrogen) atoms. The van der Waals surface area contributed by atoms with Crippen molar-refractivity contribution in [2.75, 3.05) is 13.2 Å². The summed E-state index contributed by atoms with van der Waals surface area (Å²) in [6.45, 7) is 6.48. The van der Waals surface area contributed by atoms with Crippen LogP contribution in [0.25, 0.3) is 0 Å². The highest BCUT2D eigenvalue weighted by Crippen LogP contribution is 2.14. The Balaban J connectivity index is 4.41. The van der Waals surface area contributed by atoms with Crippen LogP contribution in [0.3, 0.4) is 0 Å². The average Bonchev–Trinajstić information content (AvgIpc) is 3.28. The molecule has 0 aromatic rings. The van der Waals surface area contributed by atoms with Gasteiger partial charge in [-0.2, -0.15) is 0 Å². The topological polar surface area (TPSA) is 78.9 Å². The molecule has 6 heteroatoms. The molecule has 0 heterocycles. The Bertz CT molecular complexity index is 1190. The third kappa shape index (κ3) is 49.7. The van der Waals surface area contributed by atoms with Crippen LogP contribution < -0.4 is 0 Å². The van der Waals surface area contributed by atoms with E-state index in [2.05, 4.69) is 93.7 Å². The number of hydrogen-bond acceptors (Lipinski definition) is 6. The summed E-state index contributed by atoms with van der Waals surface area (Å²) < 4.78 is 16.8. The number of unbranched alkanes of at least 4 members (excludes halogenated alkanes) is 24. The number of ether oxygens (including phenoxy) is 3. The van der Waals surface area contributed by atoms with Gasteiger partial charge in [-0.3, -0.25) is 14.4 Å². The lowest BCUT2D eigenvalue weighted by molar-refractivity contribution is -0.167. The molecular weight excluding hydrogens is 781 g/mol. The molecule has 0 aromatic heterocycles. The fraction of sp³-hybridized carbons (Fsp3) is 0.737. The minimum atomic E-state index is -0.790. The normalized spacial score (nSPS) is 12.6. The second kappa shape index (κ2) is 51.5. The van der Waals surface area contributed by atoms with Crippen LogP contribution in [-0.2, 0) is 28.6 Å². The van der Waals surface area contributed by atoms with E-state index in [-0.39, 0.29) is 31.1 Å². The van der Waals surface area contributed by atoms with Crippen molar-refractivity contribution in [3.05, 3.63) is 72.9 Å². The maximum absolute atomic E-state index is 12.8. The highest BCUT2D eigenvalue weighted by Gasteiger charge is 2.19. The first-order valence-corrected chi connectivity index (χ1v) is 26.4. The molecule has 6 nitrogen and oxygen atoms in total. The maximum Gasteiger partial charge on any atom is 0.306 e. The van der Waals surface area contributed by atoms with Crippen LogP contribution in [0, 0.1) is 0 Å². The Hall–Kier alpha value is -3.15. The van der Waals surface area contributed by atoms with Gasteiger partial charge in [0.05, 0.1) is 0 Å². The van der Waals surface area contributed by atoms with Crippen LogP contribution in [0.1, 0.15) is 252 Å². The molecule has 1 unspecified atom stereocenters. The van der Waals surface area contributed by atoms with Crippen LogP contribution in [-0.4, -0.2) is 37.2 Å². The Morgan fingerprint density at radius 1 is 0.333 bits per heavy atom. The van der Waals surface area contributed by atoms with Crippen LogP contribution in [0.4, 0.5) is 0 Å². The highest BCUT2D eigenvalue weighted by molar-refractivity contribution is 5.71. The van der Waals surface area contributed by atoms with E-state index in [0.717, 1.165) is 109 Å². The fourth-order valence-corrected chi connectivity index (χ4v) is 7.23.